The SMILES string of the molecule is CC=C1CC(C)CC(C(C)/N=C/c2ccccc2)C1. The van der Waals surface area contributed by atoms with Gasteiger partial charge in [0.2, 0.25) is 0 Å². The second-order valence-corrected chi connectivity index (χ2v) is 5.89. The third-order valence-electron chi connectivity index (χ3n) is 4.19. The maximum Gasteiger partial charge on any atom is 0.0503 e. The first-order valence-electron chi connectivity index (χ1n) is 7.41. The fourth-order valence-electron chi connectivity index (χ4n) is 3.02. The van der Waals surface area contributed by atoms with Crippen LogP contribution in [0.25, 0.3) is 0 Å². The number of rotatable bonds is 3. The zero-order chi connectivity index (χ0) is 13.7. The van der Waals surface area contributed by atoms with E-state index in [1.54, 1.807) is 5.57 Å². The minimum atomic E-state index is 0.415. The van der Waals surface area contributed by atoms with Crippen LogP contribution in [-0.2, 0) is 0 Å². The second-order valence-electron chi connectivity index (χ2n) is 5.89. The number of hydrogen-bond donors (Lipinski definition) is 0. The zero-order valence-electron chi connectivity index (χ0n) is 12.3. The Bertz CT molecular complexity index is 444. The molecule has 102 valence electrons. The normalized spacial score (nSPS) is 27.8. The molecule has 0 bridgehead atoms. The molecule has 1 aliphatic rings. The average molecular weight is 255 g/mol. The molecule has 0 amide bonds. The van der Waals surface area contributed by atoms with Crippen LogP contribution in [0.3, 0.4) is 0 Å². The molecule has 0 N–H and O–H groups in total. The zero-order valence-corrected chi connectivity index (χ0v) is 12.3. The molecule has 3 atom stereocenters. The lowest BCUT2D eigenvalue weighted by Crippen LogP contribution is -2.23. The molecule has 0 heterocycles. The summed E-state index contributed by atoms with van der Waals surface area (Å²) in [6.45, 7) is 6.79. The van der Waals surface area contributed by atoms with Crippen LogP contribution < -0.4 is 0 Å². The molecular weight excluding hydrogens is 230 g/mol. The van der Waals surface area contributed by atoms with Crippen LogP contribution in [0, 0.1) is 11.8 Å². The van der Waals surface area contributed by atoms with Crippen molar-refractivity contribution >= 4 is 6.21 Å². The largest absolute Gasteiger partial charge is 0.289 e. The first kappa shape index (κ1) is 14.0. The van der Waals surface area contributed by atoms with Crippen molar-refractivity contribution in [2.75, 3.05) is 0 Å². The van der Waals surface area contributed by atoms with Crippen molar-refractivity contribution in [3.05, 3.63) is 47.5 Å². The Labute approximate surface area is 117 Å². The quantitative estimate of drug-likeness (QED) is 0.539. The van der Waals surface area contributed by atoms with Gasteiger partial charge in [0.05, 0.1) is 6.04 Å². The smallest absolute Gasteiger partial charge is 0.0503 e. The van der Waals surface area contributed by atoms with Crippen LogP contribution in [0.1, 0.15) is 45.6 Å². The summed E-state index contributed by atoms with van der Waals surface area (Å²) in [5.41, 5.74) is 2.81. The molecular formula is C18H25N. The summed E-state index contributed by atoms with van der Waals surface area (Å²) in [6.07, 6.45) is 8.15. The van der Waals surface area contributed by atoms with E-state index in [-0.39, 0.29) is 0 Å². The summed E-state index contributed by atoms with van der Waals surface area (Å²) < 4.78 is 0. The lowest BCUT2D eigenvalue weighted by molar-refractivity contribution is 0.302. The first-order chi connectivity index (χ1) is 9.19. The maximum atomic E-state index is 4.77. The van der Waals surface area contributed by atoms with E-state index in [9.17, 15) is 0 Å². The van der Waals surface area contributed by atoms with Gasteiger partial charge in [-0.05, 0) is 50.5 Å². The van der Waals surface area contributed by atoms with Crippen LogP contribution in [0.2, 0.25) is 0 Å². The Morgan fingerprint density at radius 3 is 2.63 bits per heavy atom. The van der Waals surface area contributed by atoms with Crippen LogP contribution >= 0.6 is 0 Å². The highest BCUT2D eigenvalue weighted by Crippen LogP contribution is 2.35. The van der Waals surface area contributed by atoms with Gasteiger partial charge < -0.3 is 0 Å². The van der Waals surface area contributed by atoms with Gasteiger partial charge in [0.15, 0.2) is 0 Å². The number of benzene rings is 1. The van der Waals surface area contributed by atoms with Gasteiger partial charge in [-0.3, -0.25) is 4.99 Å². The molecule has 19 heavy (non-hydrogen) atoms. The van der Waals surface area contributed by atoms with E-state index in [1.165, 1.54) is 24.8 Å². The van der Waals surface area contributed by atoms with Gasteiger partial charge in [0.25, 0.3) is 0 Å². The van der Waals surface area contributed by atoms with Crippen molar-refractivity contribution in [1.29, 1.82) is 0 Å². The Balaban J connectivity index is 1.99. The minimum Gasteiger partial charge on any atom is -0.289 e. The predicted octanol–water partition coefficient (Wildman–Crippen LogP) is 4.88. The van der Waals surface area contributed by atoms with Crippen molar-refractivity contribution in [3.63, 3.8) is 0 Å². The summed E-state index contributed by atoms with van der Waals surface area (Å²) in [7, 11) is 0. The third kappa shape index (κ3) is 4.05. The summed E-state index contributed by atoms with van der Waals surface area (Å²) >= 11 is 0. The van der Waals surface area contributed by atoms with Crippen LogP contribution in [0.4, 0.5) is 0 Å². The van der Waals surface area contributed by atoms with Gasteiger partial charge >= 0.3 is 0 Å². The highest BCUT2D eigenvalue weighted by molar-refractivity contribution is 5.79. The molecule has 2 rings (SSSR count). The Kier molecular flexibility index (Phi) is 4.95. The topological polar surface area (TPSA) is 12.4 Å². The van der Waals surface area contributed by atoms with Crippen molar-refractivity contribution in [2.24, 2.45) is 16.8 Å². The van der Waals surface area contributed by atoms with Crippen molar-refractivity contribution in [1.82, 2.24) is 0 Å². The van der Waals surface area contributed by atoms with Crippen LogP contribution in [0.5, 0.6) is 0 Å². The van der Waals surface area contributed by atoms with Crippen molar-refractivity contribution in [2.45, 2.75) is 46.1 Å². The summed E-state index contributed by atoms with van der Waals surface area (Å²) in [5, 5.41) is 0. The number of nitrogens with zero attached hydrogens (tertiary/aromatic N) is 1. The highest BCUT2D eigenvalue weighted by Gasteiger charge is 2.25. The number of hydrogen-bond acceptors (Lipinski definition) is 1. The van der Waals surface area contributed by atoms with Gasteiger partial charge in [-0.25, -0.2) is 0 Å². The summed E-state index contributed by atoms with van der Waals surface area (Å²) in [6, 6.07) is 10.8. The third-order valence-corrected chi connectivity index (χ3v) is 4.19. The molecule has 0 aliphatic heterocycles. The fraction of sp³-hybridized carbons (Fsp3) is 0.500. The second kappa shape index (κ2) is 6.70. The summed E-state index contributed by atoms with van der Waals surface area (Å²) in [5.74, 6) is 1.51. The minimum absolute atomic E-state index is 0.415. The average Bonchev–Trinajstić information content (AvgIpc) is 2.45. The van der Waals surface area contributed by atoms with E-state index in [4.69, 9.17) is 4.99 Å². The molecule has 0 radical (unpaired) electrons. The standard InChI is InChI=1S/C18H25N/c1-4-16-10-14(2)11-18(12-16)15(3)19-13-17-8-6-5-7-9-17/h4-9,13-15,18H,10-12H2,1-3H3/b16-4?,19-13+. The van der Waals surface area contributed by atoms with E-state index in [1.807, 2.05) is 12.3 Å². The molecule has 1 aromatic rings. The van der Waals surface area contributed by atoms with E-state index in [0.717, 1.165) is 5.92 Å². The molecule has 1 heteroatoms. The molecule has 1 aromatic carbocycles. The van der Waals surface area contributed by atoms with E-state index >= 15 is 0 Å². The molecule has 1 aliphatic carbocycles. The molecule has 0 spiro atoms. The molecule has 1 nitrogen and oxygen atoms in total. The van der Waals surface area contributed by atoms with Gasteiger partial charge in [-0.2, -0.15) is 0 Å². The maximum absolute atomic E-state index is 4.77. The molecule has 1 saturated carbocycles. The Hall–Kier alpha value is -1.37. The van der Waals surface area contributed by atoms with Gasteiger partial charge in [-0.15, -0.1) is 0 Å². The van der Waals surface area contributed by atoms with Gasteiger partial charge in [-0.1, -0.05) is 48.9 Å². The predicted molar refractivity (Wildman–Crippen MR) is 83.8 cm³/mol. The number of allylic oxidation sites excluding steroid dienone is 2. The highest BCUT2D eigenvalue weighted by atomic mass is 14.8. The molecule has 0 saturated heterocycles. The lowest BCUT2D eigenvalue weighted by Gasteiger charge is -2.31. The van der Waals surface area contributed by atoms with Gasteiger partial charge in [0, 0.05) is 6.21 Å². The van der Waals surface area contributed by atoms with Crippen LogP contribution in [0.15, 0.2) is 47.0 Å². The summed E-state index contributed by atoms with van der Waals surface area (Å²) in [4.78, 5) is 4.77. The Morgan fingerprint density at radius 1 is 1.21 bits per heavy atom. The van der Waals surface area contributed by atoms with Gasteiger partial charge in [0.1, 0.15) is 0 Å². The monoisotopic (exact) mass is 255 g/mol. The van der Waals surface area contributed by atoms with E-state index in [2.05, 4.69) is 51.1 Å². The molecule has 1 fully saturated rings. The lowest BCUT2D eigenvalue weighted by atomic mass is 9.76. The van der Waals surface area contributed by atoms with E-state index in [0.29, 0.717) is 12.0 Å². The molecule has 3 unspecified atom stereocenters. The number of aliphatic imine (C=N–C) groups is 1. The van der Waals surface area contributed by atoms with Crippen molar-refractivity contribution in [3.8, 4) is 0 Å². The van der Waals surface area contributed by atoms with Crippen LogP contribution in [-0.4, -0.2) is 12.3 Å². The Morgan fingerprint density at radius 2 is 1.95 bits per heavy atom. The first-order valence-corrected chi connectivity index (χ1v) is 7.41. The van der Waals surface area contributed by atoms with Crippen molar-refractivity contribution < 1.29 is 0 Å². The fourth-order valence-corrected chi connectivity index (χ4v) is 3.02. The van der Waals surface area contributed by atoms with E-state index < -0.39 is 0 Å². The molecule has 0 aromatic heterocycles.